The largest absolute Gasteiger partial charge is 0.479 e. The summed E-state index contributed by atoms with van der Waals surface area (Å²) in [6, 6.07) is 0. The zero-order valence-electron chi connectivity index (χ0n) is 11.2. The first-order chi connectivity index (χ1) is 9.30. The van der Waals surface area contributed by atoms with E-state index in [0.717, 1.165) is 6.92 Å². The van der Waals surface area contributed by atoms with Crippen molar-refractivity contribution in [3.63, 3.8) is 0 Å². The quantitative estimate of drug-likeness (QED) is 0.296. The van der Waals surface area contributed by atoms with E-state index < -0.39 is 29.5 Å². The van der Waals surface area contributed by atoms with Gasteiger partial charge in [0.2, 0.25) is 11.4 Å². The molecule has 0 radical (unpaired) electrons. The molecule has 116 valence electrons. The minimum Gasteiger partial charge on any atom is -0.479 e. The monoisotopic (exact) mass is 311 g/mol. The number of carboxylic acid groups (broad SMARTS) is 2. The Kier molecular flexibility index (Phi) is 8.12. The summed E-state index contributed by atoms with van der Waals surface area (Å²) in [4.78, 5) is 33.5. The van der Waals surface area contributed by atoms with Crippen molar-refractivity contribution in [1.29, 1.82) is 0 Å². The third-order valence-electron chi connectivity index (χ3n) is 2.55. The Hall–Kier alpha value is -1.38. The van der Waals surface area contributed by atoms with Gasteiger partial charge in [-0.2, -0.15) is 0 Å². The Morgan fingerprint density at radius 1 is 1.30 bits per heavy atom. The van der Waals surface area contributed by atoms with E-state index in [9.17, 15) is 14.4 Å². The second-order valence-corrected chi connectivity index (χ2v) is 4.39. The van der Waals surface area contributed by atoms with Gasteiger partial charge in [-0.05, 0) is 12.8 Å². The molecule has 0 aliphatic carbocycles. The van der Waals surface area contributed by atoms with Gasteiger partial charge in [-0.25, -0.2) is 9.59 Å². The van der Waals surface area contributed by atoms with Gasteiger partial charge in [0, 0.05) is 19.9 Å². The predicted molar refractivity (Wildman–Crippen MR) is 68.5 cm³/mol. The van der Waals surface area contributed by atoms with Gasteiger partial charge in [-0.15, -0.1) is 11.6 Å². The molecule has 0 aliphatic heterocycles. The molecule has 0 rings (SSSR count). The van der Waals surface area contributed by atoms with E-state index in [1.807, 2.05) is 5.32 Å². The van der Waals surface area contributed by atoms with Crippen molar-refractivity contribution in [2.24, 2.45) is 0 Å². The van der Waals surface area contributed by atoms with Gasteiger partial charge in [0.15, 0.2) is 0 Å². The van der Waals surface area contributed by atoms with Crippen LogP contribution in [0.5, 0.6) is 0 Å². The predicted octanol–water partition coefficient (Wildman–Crippen LogP) is 0.0386. The third kappa shape index (κ3) is 5.32. The number of hydrogen-bond donors (Lipinski definition) is 3. The summed E-state index contributed by atoms with van der Waals surface area (Å²) >= 11 is 5.63. The van der Waals surface area contributed by atoms with Crippen molar-refractivity contribution >= 4 is 29.4 Å². The number of hydrogen-bond acceptors (Lipinski definition) is 5. The molecule has 1 atom stereocenters. The Balaban J connectivity index is 4.92. The molecule has 3 N–H and O–H groups in total. The maximum Gasteiger partial charge on any atom is 0.341 e. The van der Waals surface area contributed by atoms with Crippen LogP contribution >= 0.6 is 11.6 Å². The molecule has 20 heavy (non-hydrogen) atoms. The highest BCUT2D eigenvalue weighted by atomic mass is 35.5. The fourth-order valence-electron chi connectivity index (χ4n) is 1.52. The lowest BCUT2D eigenvalue weighted by atomic mass is 9.92. The van der Waals surface area contributed by atoms with Gasteiger partial charge in [0.1, 0.15) is 6.79 Å². The lowest BCUT2D eigenvalue weighted by Gasteiger charge is -2.27. The maximum atomic E-state index is 11.2. The number of halogens is 1. The highest BCUT2D eigenvalue weighted by Gasteiger charge is 2.47. The van der Waals surface area contributed by atoms with Crippen LogP contribution in [0.3, 0.4) is 0 Å². The van der Waals surface area contributed by atoms with Crippen LogP contribution in [0.4, 0.5) is 0 Å². The number of amides is 1. The number of carbonyl (C=O) groups excluding carboxylic acids is 1. The van der Waals surface area contributed by atoms with E-state index in [2.05, 4.69) is 4.74 Å². The highest BCUT2D eigenvalue weighted by Crippen LogP contribution is 2.18. The fraction of sp³-hybridized carbons (Fsp3) is 0.727. The molecule has 1 unspecified atom stereocenters. The van der Waals surface area contributed by atoms with Gasteiger partial charge in [0.05, 0.1) is 6.10 Å². The molecule has 0 saturated carbocycles. The van der Waals surface area contributed by atoms with Crippen molar-refractivity contribution in [3.05, 3.63) is 0 Å². The maximum absolute atomic E-state index is 11.2. The molecule has 1 amide bonds. The van der Waals surface area contributed by atoms with Crippen molar-refractivity contribution in [3.8, 4) is 0 Å². The van der Waals surface area contributed by atoms with E-state index in [1.54, 1.807) is 0 Å². The second kappa shape index (κ2) is 8.72. The molecule has 0 aromatic carbocycles. The molecule has 0 aromatic rings. The summed E-state index contributed by atoms with van der Waals surface area (Å²) in [6.45, 7) is 0.992. The highest BCUT2D eigenvalue weighted by molar-refractivity contribution is 6.18. The number of ether oxygens (including phenoxy) is 2. The van der Waals surface area contributed by atoms with Crippen LogP contribution in [0.15, 0.2) is 0 Å². The Morgan fingerprint density at radius 2 is 1.85 bits per heavy atom. The molecule has 9 heteroatoms. The molecule has 0 aromatic heterocycles. The molecule has 0 bridgehead atoms. The van der Waals surface area contributed by atoms with Crippen LogP contribution < -0.4 is 5.32 Å². The van der Waals surface area contributed by atoms with Gasteiger partial charge in [0.25, 0.3) is 0 Å². The first-order valence-corrected chi connectivity index (χ1v) is 6.25. The molecule has 8 nitrogen and oxygen atoms in total. The third-order valence-corrected chi connectivity index (χ3v) is 2.90. The molecule has 0 aliphatic rings. The van der Waals surface area contributed by atoms with E-state index in [1.165, 1.54) is 7.11 Å². The second-order valence-electron chi connectivity index (χ2n) is 4.09. The van der Waals surface area contributed by atoms with Crippen LogP contribution in [-0.2, 0) is 23.9 Å². The van der Waals surface area contributed by atoms with E-state index in [0.29, 0.717) is 0 Å². The smallest absolute Gasteiger partial charge is 0.341 e. The fourth-order valence-corrected chi connectivity index (χ4v) is 1.77. The summed E-state index contributed by atoms with van der Waals surface area (Å²) in [5.41, 5.74) is -2.40. The number of alkyl halides is 1. The molecule has 0 spiro atoms. The molecular weight excluding hydrogens is 294 g/mol. The van der Waals surface area contributed by atoms with Gasteiger partial charge in [-0.1, -0.05) is 0 Å². The Morgan fingerprint density at radius 3 is 2.20 bits per heavy atom. The van der Waals surface area contributed by atoms with Crippen molar-refractivity contribution < 1.29 is 34.1 Å². The average Bonchev–Trinajstić information content (AvgIpc) is 2.36. The number of carbonyl (C=O) groups is 3. The van der Waals surface area contributed by atoms with Crippen LogP contribution in [-0.4, -0.2) is 59.5 Å². The summed E-state index contributed by atoms with van der Waals surface area (Å²) in [6.07, 6.45) is -0.909. The van der Waals surface area contributed by atoms with E-state index in [-0.39, 0.29) is 25.5 Å². The van der Waals surface area contributed by atoms with Crippen LogP contribution in [0.25, 0.3) is 0 Å². The van der Waals surface area contributed by atoms with Gasteiger partial charge >= 0.3 is 11.9 Å². The van der Waals surface area contributed by atoms with Crippen molar-refractivity contribution in [2.45, 2.75) is 31.4 Å². The Labute approximate surface area is 121 Å². The average molecular weight is 312 g/mol. The summed E-state index contributed by atoms with van der Waals surface area (Å²) in [7, 11) is 1.40. The summed E-state index contributed by atoms with van der Waals surface area (Å²) in [5, 5.41) is 20.2. The summed E-state index contributed by atoms with van der Waals surface area (Å²) in [5.74, 6) is -4.02. The van der Waals surface area contributed by atoms with Crippen molar-refractivity contribution in [1.82, 2.24) is 5.32 Å². The van der Waals surface area contributed by atoms with Crippen molar-refractivity contribution in [2.75, 3.05) is 19.8 Å². The summed E-state index contributed by atoms with van der Waals surface area (Å²) < 4.78 is 9.83. The van der Waals surface area contributed by atoms with E-state index in [4.69, 9.17) is 26.6 Å². The zero-order chi connectivity index (χ0) is 15.8. The number of aliphatic carboxylic acids is 2. The van der Waals surface area contributed by atoms with Crippen LogP contribution in [0.2, 0.25) is 0 Å². The number of methoxy groups -OCH3 is 1. The van der Waals surface area contributed by atoms with Crippen LogP contribution in [0.1, 0.15) is 19.8 Å². The Bertz CT molecular complexity index is 347. The van der Waals surface area contributed by atoms with Crippen LogP contribution in [0, 0.1) is 0 Å². The van der Waals surface area contributed by atoms with Gasteiger partial charge < -0.3 is 25.0 Å². The topological polar surface area (TPSA) is 122 Å². The molecular formula is C11H18ClNO7. The molecule has 0 heterocycles. The standard InChI is InChI=1S/C11H18ClNO7/c1-7(14)13-11(9(15)16,10(17)18)4-3-8(5-12)20-6-19-2/h8H,3-6H2,1-2H3,(H,13,14)(H,15,16)(H,17,18). The first kappa shape index (κ1) is 18.6. The normalized spacial score (nSPS) is 12.8. The van der Waals surface area contributed by atoms with E-state index >= 15 is 0 Å². The number of rotatable bonds is 10. The first-order valence-electron chi connectivity index (χ1n) is 5.72. The molecule has 0 fully saturated rings. The minimum absolute atomic E-state index is 0.0335. The number of nitrogens with one attached hydrogen (secondary N) is 1. The SMILES string of the molecule is COCOC(CCl)CCC(NC(C)=O)(C(=O)O)C(=O)O. The zero-order valence-corrected chi connectivity index (χ0v) is 12.0. The lowest BCUT2D eigenvalue weighted by molar-refractivity contribution is -0.162. The molecule has 0 saturated heterocycles. The minimum atomic E-state index is -2.40. The number of carboxylic acids is 2. The lowest BCUT2D eigenvalue weighted by Crippen LogP contribution is -2.60. The van der Waals surface area contributed by atoms with Gasteiger partial charge in [-0.3, -0.25) is 4.79 Å².